The molecule has 220 valence electrons. The summed E-state index contributed by atoms with van der Waals surface area (Å²) >= 11 is -2.51. The van der Waals surface area contributed by atoms with E-state index in [0.717, 1.165) is 0 Å². The van der Waals surface area contributed by atoms with Crippen molar-refractivity contribution in [2.24, 2.45) is 11.3 Å². The van der Waals surface area contributed by atoms with E-state index in [1.165, 1.54) is 76.6 Å². The van der Waals surface area contributed by atoms with E-state index in [0.29, 0.717) is 15.0 Å². The fraction of sp³-hybridized carbons (Fsp3) is 0.410. The van der Waals surface area contributed by atoms with E-state index >= 15 is 0 Å². The molecule has 1 saturated carbocycles. The number of allylic oxidation sites excluding steroid dienone is 4. The van der Waals surface area contributed by atoms with Crippen molar-refractivity contribution in [1.29, 1.82) is 0 Å². The van der Waals surface area contributed by atoms with Gasteiger partial charge in [-0.1, -0.05) is 0 Å². The Hall–Kier alpha value is -1.53. The minimum atomic E-state index is -2.51. The second kappa shape index (κ2) is 12.8. The largest absolute Gasteiger partial charge is 1.00 e. The Balaban J connectivity index is 0.00000202. The molecular formula is C39H46Cl2Zr. The Morgan fingerprint density at radius 2 is 1.24 bits per heavy atom. The first-order chi connectivity index (χ1) is 19.1. The van der Waals surface area contributed by atoms with E-state index in [-0.39, 0.29) is 24.8 Å². The van der Waals surface area contributed by atoms with Gasteiger partial charge in [0, 0.05) is 0 Å². The van der Waals surface area contributed by atoms with Crippen LogP contribution in [0.15, 0.2) is 69.5 Å². The zero-order valence-electron chi connectivity index (χ0n) is 26.7. The fourth-order valence-corrected chi connectivity index (χ4v) is 16.7. The molecule has 0 aromatic heterocycles. The third-order valence-corrected chi connectivity index (χ3v) is 19.3. The Morgan fingerprint density at radius 1 is 0.738 bits per heavy atom. The molecule has 0 bridgehead atoms. The van der Waals surface area contributed by atoms with Gasteiger partial charge >= 0.3 is 252 Å². The van der Waals surface area contributed by atoms with Gasteiger partial charge in [0.2, 0.25) is 0 Å². The number of halogens is 2. The zero-order chi connectivity index (χ0) is 28.3. The first-order valence-electron chi connectivity index (χ1n) is 15.5. The van der Waals surface area contributed by atoms with Crippen LogP contribution in [-0.2, 0) is 21.3 Å². The van der Waals surface area contributed by atoms with Crippen LogP contribution in [0.5, 0.6) is 0 Å². The number of aryl methyl sites for hydroxylation is 5. The van der Waals surface area contributed by atoms with Crippen LogP contribution in [0, 0.1) is 46.0 Å². The summed E-state index contributed by atoms with van der Waals surface area (Å²) in [5.74, 6) is 0.536. The van der Waals surface area contributed by atoms with E-state index in [1.807, 2.05) is 3.28 Å². The van der Waals surface area contributed by atoms with Crippen molar-refractivity contribution in [2.75, 3.05) is 0 Å². The molecule has 3 heteroatoms. The van der Waals surface area contributed by atoms with Gasteiger partial charge in [0.15, 0.2) is 0 Å². The topological polar surface area (TPSA) is 0 Å². The maximum atomic E-state index is 2.75. The van der Waals surface area contributed by atoms with Gasteiger partial charge in [0.25, 0.3) is 0 Å². The molecule has 0 amide bonds. The fourth-order valence-electron chi connectivity index (χ4n) is 7.68. The Labute approximate surface area is 275 Å². The maximum absolute atomic E-state index is 2.75. The first kappa shape index (κ1) is 33.4. The summed E-state index contributed by atoms with van der Waals surface area (Å²) in [6.07, 6.45) is 12.3. The van der Waals surface area contributed by atoms with E-state index < -0.39 is 21.3 Å². The summed E-state index contributed by atoms with van der Waals surface area (Å²) in [4.78, 5) is 0. The Morgan fingerprint density at radius 3 is 1.76 bits per heavy atom. The molecule has 6 rings (SSSR count). The van der Waals surface area contributed by atoms with Crippen LogP contribution in [0.2, 0.25) is 0 Å². The molecule has 0 N–H and O–H groups in total. The minimum absolute atomic E-state index is 0. The molecule has 0 saturated heterocycles. The summed E-state index contributed by atoms with van der Waals surface area (Å²) in [7, 11) is 0. The number of rotatable bonds is 4. The number of hydrogen-bond acceptors (Lipinski definition) is 0. The van der Waals surface area contributed by atoms with Crippen molar-refractivity contribution in [1.82, 2.24) is 0 Å². The molecule has 3 aromatic rings. The van der Waals surface area contributed by atoms with Crippen molar-refractivity contribution < 1.29 is 46.1 Å². The quantitative estimate of drug-likeness (QED) is 0.380. The number of hydrogen-bond donors (Lipinski definition) is 0. The maximum Gasteiger partial charge on any atom is -1.00 e. The van der Waals surface area contributed by atoms with Gasteiger partial charge in [0.05, 0.1) is 0 Å². The van der Waals surface area contributed by atoms with Crippen LogP contribution >= 0.6 is 0 Å². The molecule has 1 atom stereocenters. The summed E-state index contributed by atoms with van der Waals surface area (Å²) in [5, 5.41) is 0. The van der Waals surface area contributed by atoms with Gasteiger partial charge in [-0.15, -0.1) is 0 Å². The van der Waals surface area contributed by atoms with Gasteiger partial charge in [0.1, 0.15) is 0 Å². The van der Waals surface area contributed by atoms with Gasteiger partial charge in [-0.05, 0) is 0 Å². The smallest absolute Gasteiger partial charge is 1.00 e. The third kappa shape index (κ3) is 5.80. The zero-order valence-corrected chi connectivity index (χ0v) is 30.7. The molecule has 0 aliphatic heterocycles. The molecular weight excluding hydrogens is 631 g/mol. The molecule has 42 heavy (non-hydrogen) atoms. The average Bonchev–Trinajstić information content (AvgIpc) is 3.44. The van der Waals surface area contributed by atoms with Crippen LogP contribution in [0.25, 0.3) is 11.1 Å². The molecule has 1 unspecified atom stereocenters. The summed E-state index contributed by atoms with van der Waals surface area (Å²) in [5.41, 5.74) is 16.7. The third-order valence-electron chi connectivity index (χ3n) is 10.6. The molecule has 3 aliphatic carbocycles. The second-order valence-corrected chi connectivity index (χ2v) is 20.2. The minimum Gasteiger partial charge on any atom is -1.00 e. The van der Waals surface area contributed by atoms with Gasteiger partial charge in [-0.2, -0.15) is 0 Å². The van der Waals surface area contributed by atoms with Gasteiger partial charge in [-0.25, -0.2) is 0 Å². The van der Waals surface area contributed by atoms with Crippen LogP contribution in [0.3, 0.4) is 0 Å². The molecule has 1 fully saturated rings. The predicted octanol–water partition coefficient (Wildman–Crippen LogP) is 4.60. The van der Waals surface area contributed by atoms with Crippen molar-refractivity contribution >= 4 is 3.21 Å². The standard InChI is InChI=1S/C17H17.C13H19.C9H10.2ClH.Zr/c1-10-5-14-9-15-6-11(2)13(4)8-17(15)16(14)7-12(10)3;1-11-6-7-12(10-11)13(2)8-4-3-5-9-13;1-3-9-6-4-8(2)5-7-9;;;/h5-9H,1-4H3;7,10-11H,3-5,8-9H2,1-2H3;4-7H,1-2H3;2*1H;/q;;;;;+2/p-2. The van der Waals surface area contributed by atoms with Gasteiger partial charge in [-0.3, -0.25) is 0 Å². The molecule has 0 radical (unpaired) electrons. The van der Waals surface area contributed by atoms with Crippen molar-refractivity contribution in [3.05, 3.63) is 114 Å². The molecule has 0 spiro atoms. The second-order valence-electron chi connectivity index (χ2n) is 13.5. The average molecular weight is 677 g/mol. The Kier molecular flexibility index (Phi) is 10.2. The van der Waals surface area contributed by atoms with Crippen molar-refractivity contribution in [3.8, 4) is 11.1 Å². The molecule has 0 nitrogen and oxygen atoms in total. The molecule has 0 heterocycles. The first-order valence-corrected chi connectivity index (χ1v) is 19.4. The Bertz CT molecular complexity index is 1540. The van der Waals surface area contributed by atoms with Crippen LogP contribution in [0.4, 0.5) is 0 Å². The van der Waals surface area contributed by atoms with Gasteiger partial charge < -0.3 is 24.8 Å². The normalized spacial score (nSPS) is 19.1. The predicted molar refractivity (Wildman–Crippen MR) is 170 cm³/mol. The summed E-state index contributed by atoms with van der Waals surface area (Å²) in [6.45, 7) is 19.0. The number of benzene rings is 3. The van der Waals surface area contributed by atoms with Crippen LogP contribution in [-0.4, -0.2) is 3.21 Å². The van der Waals surface area contributed by atoms with Crippen molar-refractivity contribution in [3.63, 3.8) is 0 Å². The summed E-state index contributed by atoms with van der Waals surface area (Å²) < 4.78 is 4.03. The summed E-state index contributed by atoms with van der Waals surface area (Å²) in [6, 6.07) is 19.6. The van der Waals surface area contributed by atoms with E-state index in [2.05, 4.69) is 116 Å². The van der Waals surface area contributed by atoms with Crippen molar-refractivity contribution in [2.45, 2.75) is 91.1 Å². The SMILES string of the molecule is C/[C](c1ccc(C)cc1)=[Zr+2](/[C]1=CC(C2(C)CCCCC2)=CC1C)[CH]1c2cc(C)c(C)cc2-c2cc(C)c(C)cc21.[Cl-].[Cl-]. The van der Waals surface area contributed by atoms with Crippen LogP contribution < -0.4 is 24.8 Å². The van der Waals surface area contributed by atoms with Crippen LogP contribution in [0.1, 0.15) is 101 Å². The molecule has 3 aliphatic rings. The van der Waals surface area contributed by atoms with E-state index in [4.69, 9.17) is 0 Å². The van der Waals surface area contributed by atoms with E-state index in [1.54, 1.807) is 19.9 Å². The monoisotopic (exact) mass is 674 g/mol. The molecule has 3 aromatic carbocycles. The number of fused-ring (bicyclic) bond motifs is 3. The van der Waals surface area contributed by atoms with E-state index in [9.17, 15) is 0 Å².